The Morgan fingerprint density at radius 2 is 1.75 bits per heavy atom. The molecule has 0 N–H and O–H groups in total. The molecule has 0 aromatic rings. The Kier molecular flexibility index (Phi) is 4.65. The summed E-state index contributed by atoms with van der Waals surface area (Å²) in [5, 5.41) is -0.256. The van der Waals surface area contributed by atoms with Gasteiger partial charge >= 0.3 is 0 Å². The van der Waals surface area contributed by atoms with Gasteiger partial charge in [-0.15, -0.1) is 0 Å². The summed E-state index contributed by atoms with van der Waals surface area (Å²) in [4.78, 5) is 14.6. The summed E-state index contributed by atoms with van der Waals surface area (Å²) in [6, 6.07) is 0.306. The van der Waals surface area contributed by atoms with Crippen molar-refractivity contribution in [1.82, 2.24) is 4.90 Å². The number of rotatable bonds is 5. The van der Waals surface area contributed by atoms with E-state index >= 15 is 0 Å². The maximum atomic E-state index is 12.7. The van der Waals surface area contributed by atoms with E-state index in [4.69, 9.17) is 0 Å². The Hall–Kier alpha value is -0.580. The van der Waals surface area contributed by atoms with Crippen LogP contribution in [0.1, 0.15) is 70.6 Å². The van der Waals surface area contributed by atoms with Gasteiger partial charge in [-0.2, -0.15) is 0 Å². The third-order valence-electron chi connectivity index (χ3n) is 7.29. The lowest BCUT2D eigenvalue weighted by atomic mass is 9.84. The molecule has 4 atom stereocenters. The van der Waals surface area contributed by atoms with Crippen molar-refractivity contribution < 1.29 is 13.2 Å². The number of nitrogens with zero attached hydrogens (tertiary/aromatic N) is 1. The molecule has 0 unspecified atom stereocenters. The molecule has 4 nitrogen and oxygen atoms in total. The molecule has 136 valence electrons. The Labute approximate surface area is 146 Å². The Bertz CT molecular complexity index is 581. The molecule has 3 saturated carbocycles. The lowest BCUT2D eigenvalue weighted by Crippen LogP contribution is -2.41. The van der Waals surface area contributed by atoms with Gasteiger partial charge in [0.05, 0.1) is 5.25 Å². The number of likely N-dealkylation sites (tertiary alicyclic amines) is 1. The molecule has 0 spiro atoms. The molecule has 1 amide bonds. The summed E-state index contributed by atoms with van der Waals surface area (Å²) >= 11 is 0. The molecule has 1 aliphatic heterocycles. The SMILES string of the molecule is O=C(CS(=O)(=O)C1CCCC1)N1CCC[C@H]1C[C@@H]1C[C@@H]2CC[C@@H]1C2. The number of amides is 1. The maximum absolute atomic E-state index is 12.7. The first kappa shape index (κ1) is 16.9. The Morgan fingerprint density at radius 1 is 0.958 bits per heavy atom. The number of hydrogen-bond donors (Lipinski definition) is 0. The Balaban J connectivity index is 1.36. The summed E-state index contributed by atoms with van der Waals surface area (Å²) in [5.74, 6) is 2.24. The van der Waals surface area contributed by atoms with E-state index in [9.17, 15) is 13.2 Å². The molecule has 0 aromatic carbocycles. The molecule has 0 radical (unpaired) electrons. The highest BCUT2D eigenvalue weighted by atomic mass is 32.2. The van der Waals surface area contributed by atoms with Gasteiger partial charge in [-0.1, -0.05) is 19.3 Å². The van der Waals surface area contributed by atoms with Crippen LogP contribution in [-0.4, -0.2) is 42.8 Å². The molecule has 3 aliphatic carbocycles. The van der Waals surface area contributed by atoms with Crippen molar-refractivity contribution in [1.29, 1.82) is 0 Å². The van der Waals surface area contributed by atoms with Gasteiger partial charge in [-0.25, -0.2) is 8.42 Å². The predicted octanol–water partition coefficient (Wildman–Crippen LogP) is 3.16. The number of fused-ring (bicyclic) bond motifs is 2. The van der Waals surface area contributed by atoms with E-state index in [0.717, 1.165) is 69.2 Å². The zero-order valence-corrected chi connectivity index (χ0v) is 15.5. The van der Waals surface area contributed by atoms with E-state index in [-0.39, 0.29) is 16.9 Å². The van der Waals surface area contributed by atoms with Crippen LogP contribution in [0.5, 0.6) is 0 Å². The third kappa shape index (κ3) is 3.25. The first-order valence-corrected chi connectivity index (χ1v) is 11.8. The van der Waals surface area contributed by atoms with Gasteiger partial charge < -0.3 is 4.90 Å². The van der Waals surface area contributed by atoms with E-state index in [1.54, 1.807) is 0 Å². The van der Waals surface area contributed by atoms with Gasteiger partial charge in [0, 0.05) is 12.6 Å². The van der Waals surface area contributed by atoms with Crippen LogP contribution in [-0.2, 0) is 14.6 Å². The molecule has 5 heteroatoms. The van der Waals surface area contributed by atoms with Crippen LogP contribution >= 0.6 is 0 Å². The molecule has 2 bridgehead atoms. The van der Waals surface area contributed by atoms with Gasteiger partial charge in [0.2, 0.25) is 5.91 Å². The normalized spacial score (nSPS) is 36.8. The van der Waals surface area contributed by atoms with E-state index < -0.39 is 9.84 Å². The third-order valence-corrected chi connectivity index (χ3v) is 9.43. The fourth-order valence-corrected chi connectivity index (χ4v) is 7.84. The maximum Gasteiger partial charge on any atom is 0.238 e. The highest BCUT2D eigenvalue weighted by molar-refractivity contribution is 7.92. The Morgan fingerprint density at radius 3 is 2.42 bits per heavy atom. The lowest BCUT2D eigenvalue weighted by Gasteiger charge is -2.30. The molecule has 4 aliphatic rings. The van der Waals surface area contributed by atoms with Crippen LogP contribution in [0.25, 0.3) is 0 Å². The van der Waals surface area contributed by atoms with Gasteiger partial charge in [0.15, 0.2) is 9.84 Å². The van der Waals surface area contributed by atoms with Gasteiger partial charge in [-0.05, 0) is 69.1 Å². The summed E-state index contributed by atoms with van der Waals surface area (Å²) in [6.45, 7) is 0.768. The van der Waals surface area contributed by atoms with Gasteiger partial charge in [0.1, 0.15) is 5.75 Å². The van der Waals surface area contributed by atoms with Gasteiger partial charge in [0.25, 0.3) is 0 Å². The van der Waals surface area contributed by atoms with Crippen molar-refractivity contribution in [2.24, 2.45) is 17.8 Å². The molecule has 0 aromatic heterocycles. The standard InChI is InChI=1S/C19H31NO3S/c21-19(13-24(22,23)18-5-1-2-6-18)20-9-3-4-17(20)12-16-11-14-7-8-15(16)10-14/h14-18H,1-13H2/t14-,15-,16+,17+/m1/s1. The average molecular weight is 354 g/mol. The first-order chi connectivity index (χ1) is 11.5. The van der Waals surface area contributed by atoms with Crippen molar-refractivity contribution in [2.75, 3.05) is 12.3 Å². The van der Waals surface area contributed by atoms with Crippen molar-refractivity contribution in [3.8, 4) is 0 Å². The van der Waals surface area contributed by atoms with Crippen LogP contribution < -0.4 is 0 Å². The summed E-state index contributed by atoms with van der Waals surface area (Å²) < 4.78 is 25.0. The van der Waals surface area contributed by atoms with Gasteiger partial charge in [-0.3, -0.25) is 4.79 Å². The van der Waals surface area contributed by atoms with Crippen molar-refractivity contribution >= 4 is 15.7 Å². The second kappa shape index (κ2) is 6.62. The number of sulfone groups is 1. The van der Waals surface area contributed by atoms with E-state index in [1.165, 1.54) is 25.7 Å². The zero-order chi connectivity index (χ0) is 16.7. The van der Waals surface area contributed by atoms with Crippen molar-refractivity contribution in [3.05, 3.63) is 0 Å². The van der Waals surface area contributed by atoms with Crippen LogP contribution in [0.3, 0.4) is 0 Å². The van der Waals surface area contributed by atoms with Crippen LogP contribution in [0.4, 0.5) is 0 Å². The van der Waals surface area contributed by atoms with E-state index in [2.05, 4.69) is 0 Å². The minimum Gasteiger partial charge on any atom is -0.339 e. The predicted molar refractivity (Wildman–Crippen MR) is 94.3 cm³/mol. The fourth-order valence-electron chi connectivity index (χ4n) is 6.04. The van der Waals surface area contributed by atoms with Crippen LogP contribution in [0, 0.1) is 17.8 Å². The molecule has 1 heterocycles. The van der Waals surface area contributed by atoms with Crippen LogP contribution in [0.2, 0.25) is 0 Å². The number of carbonyl (C=O) groups is 1. The second-order valence-corrected chi connectivity index (χ2v) is 11.0. The quantitative estimate of drug-likeness (QED) is 0.763. The highest BCUT2D eigenvalue weighted by Gasteiger charge is 2.42. The monoisotopic (exact) mass is 353 g/mol. The number of carbonyl (C=O) groups excluding carboxylic acids is 1. The van der Waals surface area contributed by atoms with Crippen molar-refractivity contribution in [3.63, 3.8) is 0 Å². The fraction of sp³-hybridized carbons (Fsp3) is 0.947. The van der Waals surface area contributed by atoms with E-state index in [1.807, 2.05) is 4.90 Å². The lowest BCUT2D eigenvalue weighted by molar-refractivity contribution is -0.129. The second-order valence-electron chi connectivity index (χ2n) is 8.77. The van der Waals surface area contributed by atoms with Crippen molar-refractivity contribution in [2.45, 2.75) is 81.9 Å². The molecule has 24 heavy (non-hydrogen) atoms. The summed E-state index contributed by atoms with van der Waals surface area (Å²) in [5.41, 5.74) is 0. The molecule has 4 rings (SSSR count). The zero-order valence-electron chi connectivity index (χ0n) is 14.7. The molecule has 4 fully saturated rings. The smallest absolute Gasteiger partial charge is 0.238 e. The molecular formula is C19H31NO3S. The minimum atomic E-state index is -3.25. The first-order valence-electron chi connectivity index (χ1n) is 10.0. The number of hydrogen-bond acceptors (Lipinski definition) is 3. The van der Waals surface area contributed by atoms with Crippen LogP contribution in [0.15, 0.2) is 0 Å². The molecular weight excluding hydrogens is 322 g/mol. The summed E-state index contributed by atoms with van der Waals surface area (Å²) in [7, 11) is -3.25. The minimum absolute atomic E-state index is 0.118. The highest BCUT2D eigenvalue weighted by Crippen LogP contribution is 2.50. The average Bonchev–Trinajstić information content (AvgIpc) is 3.31. The summed E-state index contributed by atoms with van der Waals surface area (Å²) in [6.07, 6.45) is 12.3. The largest absolute Gasteiger partial charge is 0.339 e. The molecule has 1 saturated heterocycles. The van der Waals surface area contributed by atoms with E-state index in [0.29, 0.717) is 6.04 Å². The topological polar surface area (TPSA) is 54.5 Å².